The standard InChI is InChI=1S/C20H12F2O5/c21-13-5-11-17(7-15(13)23)27-18-8-16(24)14(22)6-12(18)19(11)9-3-1-2-4-10(9)20(25)26/h1-8,11,19,24H,(H,25,26). The lowest BCUT2D eigenvalue weighted by Crippen LogP contribution is -2.28. The Bertz CT molecular complexity index is 1050. The van der Waals surface area contributed by atoms with Crippen LogP contribution in [0.3, 0.4) is 0 Å². The van der Waals surface area contributed by atoms with Gasteiger partial charge < -0.3 is 14.9 Å². The third-order valence-corrected chi connectivity index (χ3v) is 4.69. The van der Waals surface area contributed by atoms with Gasteiger partial charge in [-0.2, -0.15) is 0 Å². The van der Waals surface area contributed by atoms with Crippen LogP contribution in [0.1, 0.15) is 27.4 Å². The third-order valence-electron chi connectivity index (χ3n) is 4.69. The maximum atomic E-state index is 14.0. The summed E-state index contributed by atoms with van der Waals surface area (Å²) in [6.07, 6.45) is 2.04. The van der Waals surface area contributed by atoms with E-state index in [0.717, 1.165) is 24.3 Å². The molecule has 2 unspecified atom stereocenters. The van der Waals surface area contributed by atoms with Crippen molar-refractivity contribution in [3.8, 4) is 11.5 Å². The number of fused-ring (bicyclic) bond motifs is 2. The number of halogens is 2. The molecule has 2 aromatic carbocycles. The number of carbonyl (C=O) groups excluding carboxylic acids is 1. The summed E-state index contributed by atoms with van der Waals surface area (Å²) < 4.78 is 33.6. The molecule has 0 saturated heterocycles. The van der Waals surface area contributed by atoms with Gasteiger partial charge in [0.2, 0.25) is 5.78 Å². The molecule has 27 heavy (non-hydrogen) atoms. The predicted octanol–water partition coefficient (Wildman–Crippen LogP) is 3.69. The number of ether oxygens (including phenoxy) is 1. The van der Waals surface area contributed by atoms with Crippen molar-refractivity contribution in [2.45, 2.75) is 5.92 Å². The molecule has 7 heteroatoms. The fourth-order valence-electron chi connectivity index (χ4n) is 3.51. The van der Waals surface area contributed by atoms with Crippen LogP contribution < -0.4 is 4.74 Å². The van der Waals surface area contributed by atoms with Gasteiger partial charge in [-0.05, 0) is 23.8 Å². The number of hydrogen-bond donors (Lipinski definition) is 2. The molecule has 4 rings (SSSR count). The molecule has 2 atom stereocenters. The molecular formula is C20H12F2O5. The summed E-state index contributed by atoms with van der Waals surface area (Å²) in [6.45, 7) is 0. The first-order chi connectivity index (χ1) is 12.9. The summed E-state index contributed by atoms with van der Waals surface area (Å²) in [7, 11) is 0. The molecular weight excluding hydrogens is 358 g/mol. The van der Waals surface area contributed by atoms with Crippen molar-refractivity contribution < 1.29 is 33.3 Å². The molecule has 0 saturated carbocycles. The molecule has 0 radical (unpaired) electrons. The SMILES string of the molecule is O=C1C=C2Oc3cc(O)c(F)cc3C(c3ccccc3C(=O)O)C2C=C1F. The van der Waals surface area contributed by atoms with E-state index in [1.807, 2.05) is 0 Å². The normalized spacial score (nSPS) is 20.7. The number of aromatic hydroxyl groups is 1. The molecule has 2 aromatic rings. The first-order valence-electron chi connectivity index (χ1n) is 8.02. The van der Waals surface area contributed by atoms with Crippen molar-refractivity contribution in [2.75, 3.05) is 0 Å². The largest absolute Gasteiger partial charge is 0.505 e. The summed E-state index contributed by atoms with van der Waals surface area (Å²) in [4.78, 5) is 23.4. The average Bonchev–Trinajstić information content (AvgIpc) is 2.63. The number of aromatic carboxylic acids is 1. The second-order valence-electron chi connectivity index (χ2n) is 6.26. The van der Waals surface area contributed by atoms with E-state index in [2.05, 4.69) is 0 Å². The van der Waals surface area contributed by atoms with Gasteiger partial charge in [-0.25, -0.2) is 13.6 Å². The van der Waals surface area contributed by atoms with Gasteiger partial charge in [-0.3, -0.25) is 4.79 Å². The van der Waals surface area contributed by atoms with E-state index in [9.17, 15) is 28.6 Å². The lowest BCUT2D eigenvalue weighted by atomic mass is 9.74. The summed E-state index contributed by atoms with van der Waals surface area (Å²) >= 11 is 0. The molecule has 2 aliphatic rings. The van der Waals surface area contributed by atoms with Gasteiger partial charge in [-0.1, -0.05) is 18.2 Å². The van der Waals surface area contributed by atoms with Crippen molar-refractivity contribution in [1.29, 1.82) is 0 Å². The van der Waals surface area contributed by atoms with Crippen LogP contribution >= 0.6 is 0 Å². The Morgan fingerprint density at radius 1 is 1.11 bits per heavy atom. The Balaban J connectivity index is 2.01. The Labute approximate surface area is 151 Å². The Morgan fingerprint density at radius 3 is 2.59 bits per heavy atom. The molecule has 0 bridgehead atoms. The minimum atomic E-state index is -1.19. The van der Waals surface area contributed by atoms with E-state index in [4.69, 9.17) is 4.74 Å². The van der Waals surface area contributed by atoms with Gasteiger partial charge in [0.25, 0.3) is 0 Å². The van der Waals surface area contributed by atoms with Gasteiger partial charge >= 0.3 is 5.97 Å². The van der Waals surface area contributed by atoms with E-state index in [-0.39, 0.29) is 22.6 Å². The molecule has 0 fully saturated rings. The quantitative estimate of drug-likeness (QED) is 0.842. The number of rotatable bonds is 2. The van der Waals surface area contributed by atoms with Crippen LogP contribution in [0, 0.1) is 11.7 Å². The number of allylic oxidation sites excluding steroid dienone is 3. The molecule has 2 N–H and O–H groups in total. The van der Waals surface area contributed by atoms with E-state index in [1.54, 1.807) is 18.2 Å². The van der Waals surface area contributed by atoms with Gasteiger partial charge in [0.15, 0.2) is 17.4 Å². The average molecular weight is 370 g/mol. The highest BCUT2D eigenvalue weighted by atomic mass is 19.1. The minimum Gasteiger partial charge on any atom is -0.505 e. The zero-order valence-corrected chi connectivity index (χ0v) is 13.6. The number of phenols is 1. The van der Waals surface area contributed by atoms with E-state index < -0.39 is 41.0 Å². The van der Waals surface area contributed by atoms with Crippen molar-refractivity contribution in [3.05, 3.63) is 82.6 Å². The van der Waals surface area contributed by atoms with E-state index in [0.29, 0.717) is 5.56 Å². The minimum absolute atomic E-state index is 0.0334. The van der Waals surface area contributed by atoms with E-state index >= 15 is 0 Å². The van der Waals surface area contributed by atoms with Crippen LogP contribution in [-0.4, -0.2) is 22.0 Å². The Morgan fingerprint density at radius 2 is 1.85 bits per heavy atom. The fourth-order valence-corrected chi connectivity index (χ4v) is 3.51. The number of benzene rings is 2. The highest BCUT2D eigenvalue weighted by molar-refractivity contribution is 6.03. The molecule has 1 heterocycles. The zero-order valence-electron chi connectivity index (χ0n) is 13.6. The molecule has 0 aromatic heterocycles. The summed E-state index contributed by atoms with van der Waals surface area (Å²) in [6, 6.07) is 8.19. The van der Waals surface area contributed by atoms with Crippen LogP contribution in [0.25, 0.3) is 0 Å². The number of carbonyl (C=O) groups is 2. The number of ketones is 1. The zero-order chi connectivity index (χ0) is 19.3. The van der Waals surface area contributed by atoms with Crippen molar-refractivity contribution in [2.24, 2.45) is 5.92 Å². The number of phenolic OH excluding ortho intramolecular Hbond substituents is 1. The summed E-state index contributed by atoms with van der Waals surface area (Å²) in [5, 5.41) is 19.2. The summed E-state index contributed by atoms with van der Waals surface area (Å²) in [5.41, 5.74) is 0.530. The predicted molar refractivity (Wildman–Crippen MR) is 89.7 cm³/mol. The van der Waals surface area contributed by atoms with Gasteiger partial charge in [0.1, 0.15) is 11.5 Å². The maximum absolute atomic E-state index is 14.0. The second-order valence-corrected chi connectivity index (χ2v) is 6.26. The van der Waals surface area contributed by atoms with Crippen LogP contribution in [0.2, 0.25) is 0 Å². The smallest absolute Gasteiger partial charge is 0.335 e. The highest BCUT2D eigenvalue weighted by Gasteiger charge is 2.40. The van der Waals surface area contributed by atoms with Crippen LogP contribution in [0.5, 0.6) is 11.5 Å². The fraction of sp³-hybridized carbons (Fsp3) is 0.100. The first-order valence-corrected chi connectivity index (χ1v) is 8.02. The lowest BCUT2D eigenvalue weighted by molar-refractivity contribution is -0.113. The van der Waals surface area contributed by atoms with Gasteiger partial charge in [-0.15, -0.1) is 0 Å². The van der Waals surface area contributed by atoms with Gasteiger partial charge in [0.05, 0.1) is 5.56 Å². The topological polar surface area (TPSA) is 83.8 Å². The molecule has 1 aliphatic carbocycles. The number of carboxylic acids is 1. The van der Waals surface area contributed by atoms with Crippen molar-refractivity contribution in [3.63, 3.8) is 0 Å². The molecule has 136 valence electrons. The van der Waals surface area contributed by atoms with E-state index in [1.165, 1.54) is 6.07 Å². The molecule has 0 spiro atoms. The molecule has 5 nitrogen and oxygen atoms in total. The van der Waals surface area contributed by atoms with Crippen molar-refractivity contribution >= 4 is 11.8 Å². The summed E-state index contributed by atoms with van der Waals surface area (Å²) in [5.74, 6) is -6.11. The molecule has 1 aliphatic heterocycles. The highest BCUT2D eigenvalue weighted by Crippen LogP contribution is 2.49. The van der Waals surface area contributed by atoms with Crippen LogP contribution in [0.4, 0.5) is 8.78 Å². The molecule has 0 amide bonds. The Hall–Kier alpha value is -3.48. The lowest BCUT2D eigenvalue weighted by Gasteiger charge is -2.36. The number of carboxylic acid groups (broad SMARTS) is 1. The Kier molecular flexibility index (Phi) is 3.80. The first kappa shape index (κ1) is 17.0. The third kappa shape index (κ3) is 2.68. The van der Waals surface area contributed by atoms with Crippen molar-refractivity contribution in [1.82, 2.24) is 0 Å². The van der Waals surface area contributed by atoms with Gasteiger partial charge in [0, 0.05) is 29.5 Å². The monoisotopic (exact) mass is 370 g/mol. The maximum Gasteiger partial charge on any atom is 0.335 e. The second kappa shape index (κ2) is 6.05. The van der Waals surface area contributed by atoms with Crippen LogP contribution in [-0.2, 0) is 4.79 Å². The van der Waals surface area contributed by atoms with Crippen LogP contribution in [0.15, 0.2) is 60.1 Å². The number of hydrogen-bond acceptors (Lipinski definition) is 4.